The van der Waals surface area contributed by atoms with Crippen LogP contribution in [0.1, 0.15) is 29.4 Å². The summed E-state index contributed by atoms with van der Waals surface area (Å²) in [5, 5.41) is 1.26. The molecule has 0 N–H and O–H groups in total. The second kappa shape index (κ2) is 9.17. The smallest absolute Gasteiger partial charge is 0.298 e. The van der Waals surface area contributed by atoms with E-state index in [-0.39, 0.29) is 0 Å². The molecule has 0 aliphatic rings. The summed E-state index contributed by atoms with van der Waals surface area (Å²) in [5.41, 5.74) is 4.10. The molecule has 0 saturated heterocycles. The van der Waals surface area contributed by atoms with E-state index in [0.29, 0.717) is 11.6 Å². The van der Waals surface area contributed by atoms with E-state index in [1.807, 2.05) is 68.5 Å². The first-order chi connectivity index (χ1) is 13.4. The fourth-order valence-corrected chi connectivity index (χ4v) is 3.18. The number of nitrogens with zero attached hydrogens (tertiary/aromatic N) is 4. The van der Waals surface area contributed by atoms with Gasteiger partial charge in [0.15, 0.2) is 5.82 Å². The Hall–Kier alpha value is -2.44. The van der Waals surface area contributed by atoms with Gasteiger partial charge in [-0.3, -0.25) is 0 Å². The minimum atomic E-state index is 0.536. The first-order valence-corrected chi connectivity index (χ1v) is 10.2. The number of aliphatic imine (C=N–C) groups is 1. The second-order valence-corrected chi connectivity index (χ2v) is 7.75. The Morgan fingerprint density at radius 2 is 1.93 bits per heavy atom. The largest absolute Gasteiger partial charge is 0.430 e. The van der Waals surface area contributed by atoms with Gasteiger partial charge in [0.05, 0.1) is 12.0 Å². The molecule has 0 radical (unpaired) electrons. The van der Waals surface area contributed by atoms with Gasteiger partial charge >= 0.3 is 0 Å². The summed E-state index contributed by atoms with van der Waals surface area (Å²) in [5.74, 6) is 1.51. The summed E-state index contributed by atoms with van der Waals surface area (Å²) in [6, 6.07) is 11.7. The molecule has 0 fully saturated rings. The predicted octanol–water partition coefficient (Wildman–Crippen LogP) is 5.80. The van der Waals surface area contributed by atoms with Crippen molar-refractivity contribution in [3.05, 3.63) is 63.9 Å². The van der Waals surface area contributed by atoms with Gasteiger partial charge in [-0.1, -0.05) is 23.7 Å². The third kappa shape index (κ3) is 5.30. The number of halogens is 1. The topological polar surface area (TPSA) is 50.6 Å². The van der Waals surface area contributed by atoms with Gasteiger partial charge in [0.25, 0.3) is 5.19 Å². The highest BCUT2D eigenvalue weighted by Gasteiger charge is 2.11. The van der Waals surface area contributed by atoms with Gasteiger partial charge in [-0.2, -0.15) is 9.36 Å². The Labute approximate surface area is 174 Å². The van der Waals surface area contributed by atoms with E-state index in [2.05, 4.69) is 21.3 Å². The second-order valence-electron chi connectivity index (χ2n) is 6.60. The lowest BCUT2D eigenvalue weighted by atomic mass is 10.1. The summed E-state index contributed by atoms with van der Waals surface area (Å²) < 4.78 is 10.4. The Kier molecular flexibility index (Phi) is 6.65. The van der Waals surface area contributed by atoms with Crippen LogP contribution in [0, 0.1) is 13.8 Å². The maximum Gasteiger partial charge on any atom is 0.298 e. The highest BCUT2D eigenvalue weighted by molar-refractivity contribution is 7.07. The first-order valence-electron chi connectivity index (χ1n) is 9.05. The van der Waals surface area contributed by atoms with Crippen LogP contribution >= 0.6 is 23.1 Å². The van der Waals surface area contributed by atoms with Gasteiger partial charge in [-0.25, -0.2) is 4.99 Å². The lowest BCUT2D eigenvalue weighted by molar-refractivity contribution is 0.473. The molecule has 0 aliphatic heterocycles. The zero-order valence-electron chi connectivity index (χ0n) is 16.4. The zero-order valence-corrected chi connectivity index (χ0v) is 18.0. The van der Waals surface area contributed by atoms with E-state index in [9.17, 15) is 0 Å². The van der Waals surface area contributed by atoms with Crippen LogP contribution in [0.5, 0.6) is 10.9 Å². The first kappa shape index (κ1) is 20.3. The molecule has 1 aromatic heterocycles. The highest BCUT2D eigenvalue weighted by atomic mass is 35.5. The lowest BCUT2D eigenvalue weighted by Crippen LogP contribution is -2.14. The van der Waals surface area contributed by atoms with Crippen LogP contribution in [0.4, 0.5) is 5.69 Å². The Morgan fingerprint density at radius 3 is 2.64 bits per heavy atom. The minimum Gasteiger partial charge on any atom is -0.430 e. The average molecular weight is 415 g/mol. The summed E-state index contributed by atoms with van der Waals surface area (Å²) in [6.45, 7) is 7.03. The van der Waals surface area contributed by atoms with Crippen molar-refractivity contribution in [2.24, 2.45) is 4.99 Å². The fourth-order valence-electron chi connectivity index (χ4n) is 2.50. The summed E-state index contributed by atoms with van der Waals surface area (Å²) in [6.07, 6.45) is 2.49. The molecule has 1 heterocycles. The van der Waals surface area contributed by atoms with E-state index in [1.165, 1.54) is 11.5 Å². The molecule has 0 aliphatic carbocycles. The van der Waals surface area contributed by atoms with Crippen LogP contribution in [-0.4, -0.2) is 34.2 Å². The maximum absolute atomic E-state index is 5.99. The van der Waals surface area contributed by atoms with Crippen molar-refractivity contribution in [1.82, 2.24) is 14.3 Å². The van der Waals surface area contributed by atoms with Crippen molar-refractivity contribution in [3.8, 4) is 10.9 Å². The van der Waals surface area contributed by atoms with Gasteiger partial charge in [0, 0.05) is 36.6 Å². The SMILES string of the molecule is CCN(C)/C=N/c1cc(C)c(Oc2nc(Cc3ccc(Cl)cc3)ns2)cc1C. The fraction of sp³-hybridized carbons (Fsp3) is 0.286. The van der Waals surface area contributed by atoms with Crippen molar-refractivity contribution in [3.63, 3.8) is 0 Å². The van der Waals surface area contributed by atoms with E-state index in [1.54, 1.807) is 0 Å². The molecule has 2 aromatic carbocycles. The minimum absolute atomic E-state index is 0.536. The standard InChI is InChI=1S/C21H23ClN4OS/c1-5-26(4)13-23-18-10-15(3)19(11-14(18)2)27-21-24-20(25-28-21)12-16-6-8-17(22)9-7-16/h6-11,13H,5,12H2,1-4H3/b23-13+. The Morgan fingerprint density at radius 1 is 1.18 bits per heavy atom. The van der Waals surface area contributed by atoms with Crippen molar-refractivity contribution in [2.75, 3.05) is 13.6 Å². The molecule has 0 spiro atoms. The van der Waals surface area contributed by atoms with Gasteiger partial charge in [0.1, 0.15) is 5.75 Å². The van der Waals surface area contributed by atoms with Crippen LogP contribution in [0.3, 0.4) is 0 Å². The van der Waals surface area contributed by atoms with Gasteiger partial charge in [0.2, 0.25) is 0 Å². The molecular formula is C21H23ClN4OS. The quantitative estimate of drug-likeness (QED) is 0.362. The molecular weight excluding hydrogens is 392 g/mol. The van der Waals surface area contributed by atoms with E-state index in [4.69, 9.17) is 16.3 Å². The monoisotopic (exact) mass is 414 g/mol. The molecule has 0 bridgehead atoms. The van der Waals surface area contributed by atoms with E-state index >= 15 is 0 Å². The van der Waals surface area contributed by atoms with Crippen LogP contribution in [0.15, 0.2) is 41.4 Å². The summed E-state index contributed by atoms with van der Waals surface area (Å²) in [4.78, 5) is 11.1. The predicted molar refractivity (Wildman–Crippen MR) is 117 cm³/mol. The zero-order chi connectivity index (χ0) is 20.1. The molecule has 0 unspecified atom stereocenters. The van der Waals surface area contributed by atoms with Crippen LogP contribution in [0.25, 0.3) is 0 Å². The molecule has 146 valence electrons. The number of hydrogen-bond donors (Lipinski definition) is 0. The summed E-state index contributed by atoms with van der Waals surface area (Å²) >= 11 is 7.19. The molecule has 0 atom stereocenters. The number of aryl methyl sites for hydroxylation is 2. The van der Waals surface area contributed by atoms with Crippen molar-refractivity contribution in [2.45, 2.75) is 27.2 Å². The highest BCUT2D eigenvalue weighted by Crippen LogP contribution is 2.32. The van der Waals surface area contributed by atoms with Crippen LogP contribution < -0.4 is 4.74 Å². The average Bonchev–Trinajstić information content (AvgIpc) is 3.11. The molecule has 0 saturated carbocycles. The van der Waals surface area contributed by atoms with Gasteiger partial charge in [-0.15, -0.1) is 0 Å². The lowest BCUT2D eigenvalue weighted by Gasteiger charge is -2.11. The number of benzene rings is 2. The maximum atomic E-state index is 5.99. The van der Waals surface area contributed by atoms with Crippen molar-refractivity contribution >= 4 is 35.2 Å². The van der Waals surface area contributed by atoms with E-state index in [0.717, 1.165) is 45.5 Å². The van der Waals surface area contributed by atoms with E-state index < -0.39 is 0 Å². The number of rotatable bonds is 7. The molecule has 3 aromatic rings. The number of hydrogen-bond acceptors (Lipinski definition) is 5. The van der Waals surface area contributed by atoms with Crippen molar-refractivity contribution < 1.29 is 4.74 Å². The normalized spacial score (nSPS) is 11.2. The van der Waals surface area contributed by atoms with Gasteiger partial charge < -0.3 is 9.64 Å². The van der Waals surface area contributed by atoms with Crippen LogP contribution in [-0.2, 0) is 6.42 Å². The molecule has 3 rings (SSSR count). The van der Waals surface area contributed by atoms with Crippen LogP contribution in [0.2, 0.25) is 5.02 Å². The van der Waals surface area contributed by atoms with Gasteiger partial charge in [-0.05, 0) is 61.7 Å². The summed E-state index contributed by atoms with van der Waals surface area (Å²) in [7, 11) is 2.00. The third-order valence-corrected chi connectivity index (χ3v) is 5.19. The molecule has 0 amide bonds. The Bertz CT molecular complexity index is 969. The van der Waals surface area contributed by atoms with Crippen molar-refractivity contribution in [1.29, 1.82) is 0 Å². The number of ether oxygens (including phenoxy) is 1. The molecule has 28 heavy (non-hydrogen) atoms. The third-order valence-electron chi connectivity index (χ3n) is 4.31. The number of aromatic nitrogens is 2. The Balaban J connectivity index is 1.71. The molecule has 7 heteroatoms. The molecule has 5 nitrogen and oxygen atoms in total.